The third-order valence-corrected chi connectivity index (χ3v) is 2.87. The van der Waals surface area contributed by atoms with Gasteiger partial charge in [0, 0.05) is 9.50 Å². The van der Waals surface area contributed by atoms with Crippen LogP contribution >= 0.6 is 27.5 Å². The van der Waals surface area contributed by atoms with Crippen molar-refractivity contribution < 1.29 is 0 Å². The third kappa shape index (κ3) is 2.00. The van der Waals surface area contributed by atoms with Crippen LogP contribution in [0.4, 0.5) is 0 Å². The summed E-state index contributed by atoms with van der Waals surface area (Å²) in [6.45, 7) is 2.67. The van der Waals surface area contributed by atoms with Gasteiger partial charge in [0.05, 0.1) is 0 Å². The Morgan fingerprint density at radius 3 is 2.75 bits per heavy atom. The van der Waals surface area contributed by atoms with Crippen molar-refractivity contribution >= 4 is 27.5 Å². The molecule has 1 atom stereocenters. The highest BCUT2D eigenvalue weighted by Crippen LogP contribution is 2.30. The smallest absolute Gasteiger partial charge is 0.0452 e. The highest BCUT2D eigenvalue weighted by atomic mass is 79.9. The maximum absolute atomic E-state index is 6.02. The van der Waals surface area contributed by atoms with Crippen molar-refractivity contribution in [1.82, 2.24) is 0 Å². The number of halogens is 2. The molecule has 0 radical (unpaired) electrons. The van der Waals surface area contributed by atoms with Gasteiger partial charge in [0.25, 0.3) is 0 Å². The van der Waals surface area contributed by atoms with Gasteiger partial charge in [0.1, 0.15) is 0 Å². The first-order valence-corrected chi connectivity index (χ1v) is 4.98. The second kappa shape index (κ2) is 4.26. The van der Waals surface area contributed by atoms with Gasteiger partial charge in [0.2, 0.25) is 0 Å². The summed E-state index contributed by atoms with van der Waals surface area (Å²) in [6, 6.07) is 5.78. The number of hydrogen-bond donors (Lipinski definition) is 1. The second-order valence-corrected chi connectivity index (χ2v) is 4.03. The molecule has 3 heteroatoms. The van der Waals surface area contributed by atoms with Gasteiger partial charge < -0.3 is 5.73 Å². The van der Waals surface area contributed by atoms with Crippen molar-refractivity contribution in [3.8, 4) is 0 Å². The van der Waals surface area contributed by atoms with Crippen molar-refractivity contribution in [1.29, 1.82) is 0 Å². The van der Waals surface area contributed by atoms with Crippen LogP contribution in [-0.4, -0.2) is 6.54 Å². The monoisotopic (exact) mass is 247 g/mol. The lowest BCUT2D eigenvalue weighted by atomic mass is 10.0. The van der Waals surface area contributed by atoms with E-state index in [4.69, 9.17) is 17.3 Å². The first kappa shape index (κ1) is 10.0. The minimum absolute atomic E-state index is 0.299. The van der Waals surface area contributed by atoms with Crippen LogP contribution in [0.5, 0.6) is 0 Å². The molecule has 0 spiro atoms. The summed E-state index contributed by atoms with van der Waals surface area (Å²) in [5, 5.41) is 0.780. The molecule has 0 amide bonds. The van der Waals surface area contributed by atoms with E-state index in [1.54, 1.807) is 0 Å². The highest BCUT2D eigenvalue weighted by Gasteiger charge is 2.10. The van der Waals surface area contributed by atoms with Gasteiger partial charge in [-0.05, 0) is 30.2 Å². The van der Waals surface area contributed by atoms with Gasteiger partial charge in [-0.25, -0.2) is 0 Å². The normalized spacial score (nSPS) is 13.0. The Morgan fingerprint density at radius 2 is 2.25 bits per heavy atom. The number of hydrogen-bond acceptors (Lipinski definition) is 1. The van der Waals surface area contributed by atoms with E-state index in [9.17, 15) is 0 Å². The van der Waals surface area contributed by atoms with Crippen LogP contribution in [0.25, 0.3) is 0 Å². The van der Waals surface area contributed by atoms with E-state index in [1.165, 1.54) is 0 Å². The number of rotatable bonds is 2. The Hall–Kier alpha value is -0.0500. The molecule has 0 aliphatic rings. The quantitative estimate of drug-likeness (QED) is 0.855. The van der Waals surface area contributed by atoms with Gasteiger partial charge in [-0.3, -0.25) is 0 Å². The SMILES string of the molecule is CC(CN)c1c(Cl)cccc1Br. The Balaban J connectivity index is 3.12. The summed E-state index contributed by atoms with van der Waals surface area (Å²) < 4.78 is 1.04. The fourth-order valence-corrected chi connectivity index (χ4v) is 2.33. The summed E-state index contributed by atoms with van der Waals surface area (Å²) in [6.07, 6.45) is 0. The van der Waals surface area contributed by atoms with Crippen LogP contribution < -0.4 is 5.73 Å². The van der Waals surface area contributed by atoms with Crippen molar-refractivity contribution in [2.75, 3.05) is 6.54 Å². The Labute approximate surface area is 86.0 Å². The first-order valence-electron chi connectivity index (χ1n) is 3.80. The maximum atomic E-state index is 6.02. The van der Waals surface area contributed by atoms with Crippen molar-refractivity contribution in [2.45, 2.75) is 12.8 Å². The average Bonchev–Trinajstić information content (AvgIpc) is 2.03. The molecule has 0 saturated heterocycles. The molecular formula is C9H11BrClN. The maximum Gasteiger partial charge on any atom is 0.0452 e. The van der Waals surface area contributed by atoms with E-state index >= 15 is 0 Å². The van der Waals surface area contributed by atoms with E-state index in [-0.39, 0.29) is 0 Å². The fourth-order valence-electron chi connectivity index (χ4n) is 1.10. The van der Waals surface area contributed by atoms with Gasteiger partial charge in [-0.1, -0.05) is 40.5 Å². The minimum Gasteiger partial charge on any atom is -0.330 e. The predicted octanol–water partition coefficient (Wildman–Crippen LogP) is 3.16. The van der Waals surface area contributed by atoms with E-state index in [1.807, 2.05) is 18.2 Å². The van der Waals surface area contributed by atoms with Crippen LogP contribution in [0.3, 0.4) is 0 Å². The molecule has 1 rings (SSSR count). The fraction of sp³-hybridized carbons (Fsp3) is 0.333. The molecule has 0 aromatic heterocycles. The highest BCUT2D eigenvalue weighted by molar-refractivity contribution is 9.10. The zero-order valence-electron chi connectivity index (χ0n) is 6.85. The van der Waals surface area contributed by atoms with E-state index in [0.717, 1.165) is 15.1 Å². The topological polar surface area (TPSA) is 26.0 Å². The molecule has 0 fully saturated rings. The van der Waals surface area contributed by atoms with Gasteiger partial charge in [-0.15, -0.1) is 0 Å². The van der Waals surface area contributed by atoms with Gasteiger partial charge >= 0.3 is 0 Å². The molecule has 1 unspecified atom stereocenters. The first-order chi connectivity index (χ1) is 5.66. The largest absolute Gasteiger partial charge is 0.330 e. The molecule has 2 N–H and O–H groups in total. The van der Waals surface area contributed by atoms with Crippen LogP contribution in [-0.2, 0) is 0 Å². The molecule has 0 aliphatic heterocycles. The van der Waals surface area contributed by atoms with Gasteiger partial charge in [-0.2, -0.15) is 0 Å². The molecule has 0 heterocycles. The number of nitrogens with two attached hydrogens (primary N) is 1. The zero-order chi connectivity index (χ0) is 9.14. The summed E-state index contributed by atoms with van der Waals surface area (Å²) in [5.74, 6) is 0.299. The van der Waals surface area contributed by atoms with Crippen LogP contribution in [0.15, 0.2) is 22.7 Å². The molecule has 0 aliphatic carbocycles. The number of benzene rings is 1. The third-order valence-electron chi connectivity index (χ3n) is 1.85. The van der Waals surface area contributed by atoms with Crippen molar-refractivity contribution in [2.24, 2.45) is 5.73 Å². The molecule has 0 bridgehead atoms. The molecule has 66 valence electrons. The minimum atomic E-state index is 0.299. The average molecular weight is 249 g/mol. The van der Waals surface area contributed by atoms with Crippen LogP contribution in [0.1, 0.15) is 18.4 Å². The lowest BCUT2D eigenvalue weighted by Crippen LogP contribution is -2.09. The van der Waals surface area contributed by atoms with Crippen LogP contribution in [0, 0.1) is 0 Å². The summed E-state index contributed by atoms with van der Waals surface area (Å²) in [7, 11) is 0. The van der Waals surface area contributed by atoms with Gasteiger partial charge in [0.15, 0.2) is 0 Å². The van der Waals surface area contributed by atoms with E-state index < -0.39 is 0 Å². The summed E-state index contributed by atoms with van der Waals surface area (Å²) in [5.41, 5.74) is 6.66. The Kier molecular flexibility index (Phi) is 3.56. The zero-order valence-corrected chi connectivity index (χ0v) is 9.19. The van der Waals surface area contributed by atoms with E-state index in [0.29, 0.717) is 12.5 Å². The van der Waals surface area contributed by atoms with Crippen LogP contribution in [0.2, 0.25) is 5.02 Å². The predicted molar refractivity (Wildman–Crippen MR) is 56.6 cm³/mol. The lowest BCUT2D eigenvalue weighted by Gasteiger charge is -2.12. The molecule has 1 aromatic rings. The van der Waals surface area contributed by atoms with Crippen molar-refractivity contribution in [3.63, 3.8) is 0 Å². The molecule has 0 saturated carbocycles. The molecule has 1 aromatic carbocycles. The molecule has 1 nitrogen and oxygen atoms in total. The summed E-state index contributed by atoms with van der Waals surface area (Å²) >= 11 is 9.47. The standard InChI is InChI=1S/C9H11BrClN/c1-6(5-12)9-7(10)3-2-4-8(9)11/h2-4,6H,5,12H2,1H3. The second-order valence-electron chi connectivity index (χ2n) is 2.77. The van der Waals surface area contributed by atoms with E-state index in [2.05, 4.69) is 22.9 Å². The summed E-state index contributed by atoms with van der Waals surface area (Å²) in [4.78, 5) is 0. The molecular weight excluding hydrogens is 237 g/mol. The van der Waals surface area contributed by atoms with Crippen molar-refractivity contribution in [3.05, 3.63) is 33.3 Å². The Bertz CT molecular complexity index is 255. The lowest BCUT2D eigenvalue weighted by molar-refractivity contribution is 0.770. The Morgan fingerprint density at radius 1 is 1.58 bits per heavy atom. The molecule has 12 heavy (non-hydrogen) atoms.